The molecular formula is C17H12ClN3O. The quantitative estimate of drug-likeness (QED) is 0.794. The van der Waals surface area contributed by atoms with Gasteiger partial charge in [0.2, 0.25) is 0 Å². The van der Waals surface area contributed by atoms with E-state index in [-0.39, 0.29) is 5.91 Å². The minimum atomic E-state index is -0.281. The normalized spacial score (nSPS) is 10.2. The van der Waals surface area contributed by atoms with E-state index in [0.717, 1.165) is 11.3 Å². The van der Waals surface area contributed by atoms with Crippen LogP contribution in [0.25, 0.3) is 11.3 Å². The van der Waals surface area contributed by atoms with Gasteiger partial charge in [-0.2, -0.15) is 0 Å². The van der Waals surface area contributed by atoms with Crippen molar-refractivity contribution in [3.05, 3.63) is 77.7 Å². The molecule has 2 aromatic carbocycles. The van der Waals surface area contributed by atoms with E-state index in [4.69, 9.17) is 11.6 Å². The average Bonchev–Trinajstić information content (AvgIpc) is 2.56. The summed E-state index contributed by atoms with van der Waals surface area (Å²) in [6.07, 6.45) is 1.37. The molecule has 3 rings (SSSR count). The largest absolute Gasteiger partial charge is 0.321 e. The van der Waals surface area contributed by atoms with E-state index < -0.39 is 0 Å². The van der Waals surface area contributed by atoms with Crippen LogP contribution in [-0.2, 0) is 0 Å². The number of nitrogens with zero attached hydrogens (tertiary/aromatic N) is 2. The summed E-state index contributed by atoms with van der Waals surface area (Å²) < 4.78 is 0. The molecular weight excluding hydrogens is 298 g/mol. The molecule has 0 radical (unpaired) electrons. The van der Waals surface area contributed by atoms with Crippen LogP contribution in [0.2, 0.25) is 5.02 Å². The van der Waals surface area contributed by atoms with Crippen LogP contribution in [0.1, 0.15) is 10.5 Å². The highest BCUT2D eigenvalue weighted by molar-refractivity contribution is 6.30. The fourth-order valence-corrected chi connectivity index (χ4v) is 2.19. The molecule has 5 heteroatoms. The van der Waals surface area contributed by atoms with Gasteiger partial charge in [-0.3, -0.25) is 4.79 Å². The van der Waals surface area contributed by atoms with Gasteiger partial charge in [0.05, 0.1) is 5.69 Å². The third-order valence-electron chi connectivity index (χ3n) is 3.05. The molecule has 0 atom stereocenters. The number of amides is 1. The SMILES string of the molecule is O=C(Nc1ccccc1)c1cc(-c2cccc(Cl)c2)ncn1. The first kappa shape index (κ1) is 14.2. The van der Waals surface area contributed by atoms with Crippen molar-refractivity contribution in [2.24, 2.45) is 0 Å². The molecule has 3 aromatic rings. The Balaban J connectivity index is 1.86. The van der Waals surface area contributed by atoms with Crippen LogP contribution in [0.5, 0.6) is 0 Å². The molecule has 108 valence electrons. The predicted molar refractivity (Wildman–Crippen MR) is 86.9 cm³/mol. The summed E-state index contributed by atoms with van der Waals surface area (Å²) in [7, 11) is 0. The number of halogens is 1. The van der Waals surface area contributed by atoms with Crippen LogP contribution >= 0.6 is 11.6 Å². The lowest BCUT2D eigenvalue weighted by molar-refractivity contribution is 0.102. The maximum absolute atomic E-state index is 12.2. The number of rotatable bonds is 3. The Hall–Kier alpha value is -2.72. The number of para-hydroxylation sites is 1. The molecule has 1 N–H and O–H groups in total. The summed E-state index contributed by atoms with van der Waals surface area (Å²) in [6, 6.07) is 18.2. The summed E-state index contributed by atoms with van der Waals surface area (Å²) in [5.41, 5.74) is 2.50. The second kappa shape index (κ2) is 6.37. The topological polar surface area (TPSA) is 54.9 Å². The van der Waals surface area contributed by atoms with Crippen molar-refractivity contribution in [3.63, 3.8) is 0 Å². The first-order chi connectivity index (χ1) is 10.7. The number of carbonyl (C=O) groups excluding carboxylic acids is 1. The summed E-state index contributed by atoms with van der Waals surface area (Å²) >= 11 is 5.98. The summed E-state index contributed by atoms with van der Waals surface area (Å²) in [4.78, 5) is 20.5. The molecule has 0 unspecified atom stereocenters. The summed E-state index contributed by atoms with van der Waals surface area (Å²) in [6.45, 7) is 0. The van der Waals surface area contributed by atoms with Crippen molar-refractivity contribution < 1.29 is 4.79 Å². The smallest absolute Gasteiger partial charge is 0.274 e. The molecule has 0 spiro atoms. The Bertz CT molecular complexity index is 806. The Morgan fingerprint density at radius 3 is 2.55 bits per heavy atom. The van der Waals surface area contributed by atoms with Crippen LogP contribution < -0.4 is 5.32 Å². The van der Waals surface area contributed by atoms with E-state index in [1.165, 1.54) is 6.33 Å². The van der Waals surface area contributed by atoms with Gasteiger partial charge < -0.3 is 5.32 Å². The van der Waals surface area contributed by atoms with Gasteiger partial charge in [0.1, 0.15) is 12.0 Å². The number of benzene rings is 2. The molecule has 1 aromatic heterocycles. The summed E-state index contributed by atoms with van der Waals surface area (Å²) in [5.74, 6) is -0.281. The lowest BCUT2D eigenvalue weighted by Crippen LogP contribution is -2.13. The van der Waals surface area contributed by atoms with Crippen LogP contribution in [0.3, 0.4) is 0 Å². The van der Waals surface area contributed by atoms with Crippen molar-refractivity contribution >= 4 is 23.2 Å². The van der Waals surface area contributed by atoms with Gasteiger partial charge in [0, 0.05) is 16.3 Å². The molecule has 22 heavy (non-hydrogen) atoms. The summed E-state index contributed by atoms with van der Waals surface area (Å²) in [5, 5.41) is 3.41. The first-order valence-electron chi connectivity index (χ1n) is 6.67. The van der Waals surface area contributed by atoms with Gasteiger partial charge in [-0.1, -0.05) is 41.9 Å². The van der Waals surface area contributed by atoms with Crippen LogP contribution in [0.15, 0.2) is 67.0 Å². The van der Waals surface area contributed by atoms with Gasteiger partial charge in [-0.15, -0.1) is 0 Å². The molecule has 1 heterocycles. The molecule has 0 saturated heterocycles. The fourth-order valence-electron chi connectivity index (χ4n) is 2.00. The predicted octanol–water partition coefficient (Wildman–Crippen LogP) is 4.05. The van der Waals surface area contributed by atoms with E-state index in [9.17, 15) is 4.79 Å². The van der Waals surface area contributed by atoms with Crippen LogP contribution in [-0.4, -0.2) is 15.9 Å². The fraction of sp³-hybridized carbons (Fsp3) is 0. The highest BCUT2D eigenvalue weighted by atomic mass is 35.5. The lowest BCUT2D eigenvalue weighted by atomic mass is 10.1. The monoisotopic (exact) mass is 309 g/mol. The lowest BCUT2D eigenvalue weighted by Gasteiger charge is -2.06. The minimum Gasteiger partial charge on any atom is -0.321 e. The van der Waals surface area contributed by atoms with Gasteiger partial charge in [0.15, 0.2) is 0 Å². The molecule has 1 amide bonds. The van der Waals surface area contributed by atoms with Gasteiger partial charge in [0.25, 0.3) is 5.91 Å². The number of nitrogens with one attached hydrogen (secondary N) is 1. The molecule has 0 fully saturated rings. The zero-order valence-corrected chi connectivity index (χ0v) is 12.3. The molecule has 0 saturated carbocycles. The third-order valence-corrected chi connectivity index (χ3v) is 3.29. The van der Waals surface area contributed by atoms with Crippen molar-refractivity contribution in [2.75, 3.05) is 5.32 Å². The molecule has 4 nitrogen and oxygen atoms in total. The van der Waals surface area contributed by atoms with E-state index in [1.54, 1.807) is 18.2 Å². The zero-order chi connectivity index (χ0) is 15.4. The zero-order valence-electron chi connectivity index (χ0n) is 11.5. The average molecular weight is 310 g/mol. The van der Waals surface area contributed by atoms with Crippen molar-refractivity contribution in [1.29, 1.82) is 0 Å². The number of hydrogen-bond donors (Lipinski definition) is 1. The molecule has 0 aliphatic rings. The Morgan fingerprint density at radius 1 is 0.955 bits per heavy atom. The van der Waals surface area contributed by atoms with E-state index >= 15 is 0 Å². The second-order valence-electron chi connectivity index (χ2n) is 4.62. The molecule has 0 bridgehead atoms. The van der Waals surface area contributed by atoms with Gasteiger partial charge >= 0.3 is 0 Å². The third kappa shape index (κ3) is 3.30. The number of anilines is 1. The minimum absolute atomic E-state index is 0.281. The second-order valence-corrected chi connectivity index (χ2v) is 5.06. The van der Waals surface area contributed by atoms with Crippen LogP contribution in [0.4, 0.5) is 5.69 Å². The maximum Gasteiger partial charge on any atom is 0.274 e. The van der Waals surface area contributed by atoms with Crippen molar-refractivity contribution in [3.8, 4) is 11.3 Å². The van der Waals surface area contributed by atoms with Crippen molar-refractivity contribution in [1.82, 2.24) is 9.97 Å². The number of hydrogen-bond acceptors (Lipinski definition) is 3. The van der Waals surface area contributed by atoms with E-state index in [1.807, 2.05) is 42.5 Å². The van der Waals surface area contributed by atoms with E-state index in [0.29, 0.717) is 16.4 Å². The Kier molecular flexibility index (Phi) is 4.12. The van der Waals surface area contributed by atoms with Crippen molar-refractivity contribution in [2.45, 2.75) is 0 Å². The molecule has 0 aliphatic heterocycles. The van der Waals surface area contributed by atoms with Gasteiger partial charge in [-0.05, 0) is 30.3 Å². The van der Waals surface area contributed by atoms with Crippen LogP contribution in [0, 0.1) is 0 Å². The van der Waals surface area contributed by atoms with Gasteiger partial charge in [-0.25, -0.2) is 9.97 Å². The Labute approximate surface area is 132 Å². The highest BCUT2D eigenvalue weighted by Crippen LogP contribution is 2.21. The standard InChI is InChI=1S/C17H12ClN3O/c18-13-6-4-5-12(9-13)15-10-16(20-11-19-15)17(22)21-14-7-2-1-3-8-14/h1-11H,(H,21,22). The number of aromatic nitrogens is 2. The van der Waals surface area contributed by atoms with E-state index in [2.05, 4.69) is 15.3 Å². The molecule has 0 aliphatic carbocycles. The highest BCUT2D eigenvalue weighted by Gasteiger charge is 2.10. The number of carbonyl (C=O) groups is 1. The maximum atomic E-state index is 12.2. The Morgan fingerprint density at radius 2 is 1.77 bits per heavy atom. The first-order valence-corrected chi connectivity index (χ1v) is 7.04.